The zero-order valence-electron chi connectivity index (χ0n) is 8.34. The third-order valence-electron chi connectivity index (χ3n) is 2.01. The van der Waals surface area contributed by atoms with Crippen molar-refractivity contribution >= 4 is 0 Å². The molecular weight excluding hydrogens is 150 g/mol. The van der Waals surface area contributed by atoms with Crippen molar-refractivity contribution in [3.8, 4) is 0 Å². The quantitative estimate of drug-likeness (QED) is 0.495. The summed E-state index contributed by atoms with van der Waals surface area (Å²) in [6, 6.07) is 0.516. The summed E-state index contributed by atoms with van der Waals surface area (Å²) < 4.78 is 0. The fourth-order valence-corrected chi connectivity index (χ4v) is 1.25. The lowest BCUT2D eigenvalue weighted by Gasteiger charge is -2.17. The summed E-state index contributed by atoms with van der Waals surface area (Å²) in [5.74, 6) is 0.768. The van der Waals surface area contributed by atoms with Gasteiger partial charge in [0.2, 0.25) is 0 Å². The van der Waals surface area contributed by atoms with E-state index in [4.69, 9.17) is 11.5 Å². The lowest BCUT2D eigenvalue weighted by atomic mass is 10.0. The molecule has 0 radical (unpaired) electrons. The zero-order chi connectivity index (χ0) is 9.40. The number of rotatable bonds is 7. The maximum absolute atomic E-state index is 5.49. The highest BCUT2D eigenvalue weighted by Gasteiger charge is 2.06. The number of hydrogen-bond acceptors (Lipinski definition) is 3. The molecule has 0 saturated carbocycles. The Balaban J connectivity index is 3.48. The van der Waals surface area contributed by atoms with E-state index >= 15 is 0 Å². The molecule has 0 aliphatic carbocycles. The van der Waals surface area contributed by atoms with Crippen molar-refractivity contribution in [3.63, 3.8) is 0 Å². The maximum Gasteiger partial charge on any atom is 0.0430 e. The third kappa shape index (κ3) is 6.58. The van der Waals surface area contributed by atoms with E-state index in [0.29, 0.717) is 12.7 Å². The summed E-state index contributed by atoms with van der Waals surface area (Å²) in [6.45, 7) is 5.78. The zero-order valence-corrected chi connectivity index (χ0v) is 8.34. The van der Waals surface area contributed by atoms with Crippen LogP contribution in [0.5, 0.6) is 0 Å². The van der Waals surface area contributed by atoms with Crippen molar-refractivity contribution in [3.05, 3.63) is 0 Å². The van der Waals surface area contributed by atoms with Crippen LogP contribution in [0.25, 0.3) is 0 Å². The Morgan fingerprint density at radius 1 is 1.08 bits per heavy atom. The van der Waals surface area contributed by atoms with E-state index < -0.39 is 0 Å². The Kier molecular flexibility index (Phi) is 7.45. The molecule has 0 unspecified atom stereocenters. The minimum Gasteiger partial charge on any atom is -0.330 e. The Hall–Kier alpha value is -0.120. The first-order chi connectivity index (χ1) is 5.70. The Morgan fingerprint density at radius 2 is 1.75 bits per heavy atom. The second kappa shape index (κ2) is 7.53. The largest absolute Gasteiger partial charge is 0.330 e. The molecule has 3 heteroatoms. The van der Waals surface area contributed by atoms with Crippen LogP contribution < -0.4 is 16.8 Å². The summed E-state index contributed by atoms with van der Waals surface area (Å²) in [5.41, 5.74) is 10.9. The van der Waals surface area contributed by atoms with E-state index in [1.165, 1.54) is 12.8 Å². The summed E-state index contributed by atoms with van der Waals surface area (Å²) in [7, 11) is 0. The molecular formula is C9H23N3. The summed E-state index contributed by atoms with van der Waals surface area (Å²) in [6.07, 6.45) is 3.47. The van der Waals surface area contributed by atoms with Gasteiger partial charge in [-0.05, 0) is 31.7 Å². The molecule has 1 atom stereocenters. The van der Waals surface area contributed by atoms with Crippen LogP contribution in [-0.2, 0) is 0 Å². The van der Waals surface area contributed by atoms with E-state index in [9.17, 15) is 0 Å². The van der Waals surface area contributed by atoms with Crippen molar-refractivity contribution < 1.29 is 0 Å². The second-order valence-corrected chi connectivity index (χ2v) is 3.65. The summed E-state index contributed by atoms with van der Waals surface area (Å²) >= 11 is 0. The van der Waals surface area contributed by atoms with Gasteiger partial charge in [-0.1, -0.05) is 13.8 Å². The first-order valence-corrected chi connectivity index (χ1v) is 4.84. The Morgan fingerprint density at radius 3 is 2.17 bits per heavy atom. The standard InChI is InChI=1S/C9H23N3/c1-8(2)3-4-9(5-6-10)12-7-11/h8-9,12H,3-7,10-11H2,1-2H3/t9-/m0/s1. The van der Waals surface area contributed by atoms with Crippen molar-refractivity contribution in [1.29, 1.82) is 0 Å². The normalized spacial score (nSPS) is 13.8. The van der Waals surface area contributed by atoms with Gasteiger partial charge in [0, 0.05) is 12.7 Å². The first kappa shape index (κ1) is 11.9. The fourth-order valence-electron chi connectivity index (χ4n) is 1.25. The van der Waals surface area contributed by atoms with Crippen LogP contribution in [0.1, 0.15) is 33.1 Å². The van der Waals surface area contributed by atoms with Crippen LogP contribution in [0.3, 0.4) is 0 Å². The lowest BCUT2D eigenvalue weighted by Crippen LogP contribution is -2.35. The minimum atomic E-state index is 0.516. The van der Waals surface area contributed by atoms with Gasteiger partial charge in [0.15, 0.2) is 0 Å². The molecule has 0 heterocycles. The van der Waals surface area contributed by atoms with Crippen LogP contribution in [-0.4, -0.2) is 19.3 Å². The summed E-state index contributed by atoms with van der Waals surface area (Å²) in [5, 5.41) is 3.24. The Labute approximate surface area is 75.9 Å². The van der Waals surface area contributed by atoms with Crippen molar-refractivity contribution in [1.82, 2.24) is 5.32 Å². The smallest absolute Gasteiger partial charge is 0.0430 e. The van der Waals surface area contributed by atoms with Gasteiger partial charge in [-0.15, -0.1) is 0 Å². The molecule has 0 aromatic rings. The van der Waals surface area contributed by atoms with Crippen LogP contribution in [0.15, 0.2) is 0 Å². The molecule has 0 aliphatic heterocycles. The highest BCUT2D eigenvalue weighted by atomic mass is 15.0. The van der Waals surface area contributed by atoms with Gasteiger partial charge in [0.1, 0.15) is 0 Å². The number of nitrogens with one attached hydrogen (secondary N) is 1. The topological polar surface area (TPSA) is 64.1 Å². The van der Waals surface area contributed by atoms with Crippen LogP contribution in [0.4, 0.5) is 0 Å². The molecule has 0 fully saturated rings. The molecule has 0 bridgehead atoms. The molecule has 0 spiro atoms. The molecule has 0 aromatic heterocycles. The van der Waals surface area contributed by atoms with Crippen LogP contribution in [0, 0.1) is 5.92 Å². The average Bonchev–Trinajstić information content (AvgIpc) is 2.01. The SMILES string of the molecule is CC(C)CC[C@@H](CCN)NCN. The average molecular weight is 173 g/mol. The first-order valence-electron chi connectivity index (χ1n) is 4.84. The molecule has 3 nitrogen and oxygen atoms in total. The lowest BCUT2D eigenvalue weighted by molar-refractivity contribution is 0.418. The van der Waals surface area contributed by atoms with Gasteiger partial charge in [-0.3, -0.25) is 0 Å². The van der Waals surface area contributed by atoms with Crippen LogP contribution >= 0.6 is 0 Å². The van der Waals surface area contributed by atoms with E-state index in [-0.39, 0.29) is 0 Å². The van der Waals surface area contributed by atoms with E-state index in [0.717, 1.165) is 18.9 Å². The number of hydrogen-bond donors (Lipinski definition) is 3. The van der Waals surface area contributed by atoms with E-state index in [1.54, 1.807) is 0 Å². The van der Waals surface area contributed by atoms with Gasteiger partial charge in [0.05, 0.1) is 0 Å². The van der Waals surface area contributed by atoms with Gasteiger partial charge >= 0.3 is 0 Å². The highest BCUT2D eigenvalue weighted by Crippen LogP contribution is 2.08. The third-order valence-corrected chi connectivity index (χ3v) is 2.01. The molecule has 12 heavy (non-hydrogen) atoms. The van der Waals surface area contributed by atoms with E-state index in [2.05, 4.69) is 19.2 Å². The molecule has 5 N–H and O–H groups in total. The van der Waals surface area contributed by atoms with Crippen molar-refractivity contribution in [2.24, 2.45) is 17.4 Å². The second-order valence-electron chi connectivity index (χ2n) is 3.65. The van der Waals surface area contributed by atoms with E-state index in [1.807, 2.05) is 0 Å². The van der Waals surface area contributed by atoms with Gasteiger partial charge in [-0.25, -0.2) is 0 Å². The maximum atomic E-state index is 5.49. The predicted molar refractivity (Wildman–Crippen MR) is 53.7 cm³/mol. The molecule has 0 aromatic carbocycles. The van der Waals surface area contributed by atoms with Gasteiger partial charge in [-0.2, -0.15) is 0 Å². The molecule has 0 saturated heterocycles. The summed E-state index contributed by atoms with van der Waals surface area (Å²) in [4.78, 5) is 0. The molecule has 0 amide bonds. The Bertz CT molecular complexity index is 87.8. The van der Waals surface area contributed by atoms with Gasteiger partial charge < -0.3 is 16.8 Å². The van der Waals surface area contributed by atoms with Crippen molar-refractivity contribution in [2.75, 3.05) is 13.2 Å². The monoisotopic (exact) mass is 173 g/mol. The molecule has 74 valence electrons. The van der Waals surface area contributed by atoms with Gasteiger partial charge in [0.25, 0.3) is 0 Å². The number of nitrogens with two attached hydrogens (primary N) is 2. The molecule has 0 rings (SSSR count). The molecule has 0 aliphatic rings. The predicted octanol–water partition coefficient (Wildman–Crippen LogP) is 0.646. The highest BCUT2D eigenvalue weighted by molar-refractivity contribution is 4.66. The minimum absolute atomic E-state index is 0.516. The fraction of sp³-hybridized carbons (Fsp3) is 1.00. The van der Waals surface area contributed by atoms with Crippen LogP contribution in [0.2, 0.25) is 0 Å². The van der Waals surface area contributed by atoms with Crippen molar-refractivity contribution in [2.45, 2.75) is 39.2 Å².